The molecule has 0 aromatic carbocycles. The van der Waals surface area contributed by atoms with Gasteiger partial charge in [0.15, 0.2) is 0 Å². The van der Waals surface area contributed by atoms with Gasteiger partial charge in [-0.2, -0.15) is 16.9 Å². The van der Waals surface area contributed by atoms with Gasteiger partial charge in [-0.1, -0.05) is 6.92 Å². The van der Waals surface area contributed by atoms with Crippen molar-refractivity contribution in [2.24, 2.45) is 0 Å². The third-order valence-electron chi connectivity index (χ3n) is 3.18. The second-order valence-electron chi connectivity index (χ2n) is 4.57. The van der Waals surface area contributed by atoms with Crippen molar-refractivity contribution in [3.63, 3.8) is 0 Å². The number of aromatic amines is 1. The highest BCUT2D eigenvalue weighted by Crippen LogP contribution is 2.30. The van der Waals surface area contributed by atoms with Crippen LogP contribution in [0.1, 0.15) is 31.9 Å². The maximum atomic E-state index is 12.2. The zero-order valence-corrected chi connectivity index (χ0v) is 12.3. The number of nitrogens with one attached hydrogen (secondary N) is 2. The zero-order chi connectivity index (χ0) is 13.2. The maximum absolute atomic E-state index is 12.2. The van der Waals surface area contributed by atoms with E-state index in [9.17, 15) is 8.42 Å². The highest BCUT2D eigenvalue weighted by Gasteiger charge is 2.29. The van der Waals surface area contributed by atoms with E-state index >= 15 is 0 Å². The van der Waals surface area contributed by atoms with Gasteiger partial charge in [0, 0.05) is 11.3 Å². The molecule has 1 aliphatic carbocycles. The van der Waals surface area contributed by atoms with Gasteiger partial charge < -0.3 is 0 Å². The average molecular weight is 289 g/mol. The number of thioether (sulfide) groups is 1. The van der Waals surface area contributed by atoms with Gasteiger partial charge in [-0.3, -0.25) is 5.10 Å². The van der Waals surface area contributed by atoms with Gasteiger partial charge in [0.25, 0.3) is 0 Å². The van der Waals surface area contributed by atoms with Crippen LogP contribution in [0.2, 0.25) is 0 Å². The van der Waals surface area contributed by atoms with E-state index in [2.05, 4.69) is 21.8 Å². The van der Waals surface area contributed by atoms with Crippen molar-refractivity contribution in [1.29, 1.82) is 0 Å². The molecule has 1 aromatic rings. The highest BCUT2D eigenvalue weighted by molar-refractivity contribution is 7.99. The fraction of sp³-hybridized carbons (Fsp3) is 0.727. The number of H-pyrrole nitrogens is 1. The van der Waals surface area contributed by atoms with Crippen LogP contribution >= 0.6 is 11.8 Å². The molecule has 2 N–H and O–H groups in total. The van der Waals surface area contributed by atoms with Gasteiger partial charge in [-0.25, -0.2) is 13.1 Å². The molecule has 2 unspecified atom stereocenters. The lowest BCUT2D eigenvalue weighted by Gasteiger charge is -2.13. The maximum Gasteiger partial charge on any atom is 0.244 e. The molecule has 2 rings (SSSR count). The Labute approximate surface area is 112 Å². The Balaban J connectivity index is 2.00. The topological polar surface area (TPSA) is 74.8 Å². The van der Waals surface area contributed by atoms with Crippen molar-refractivity contribution in [2.45, 2.75) is 49.3 Å². The second kappa shape index (κ2) is 5.63. The highest BCUT2D eigenvalue weighted by atomic mass is 32.2. The van der Waals surface area contributed by atoms with Crippen molar-refractivity contribution < 1.29 is 8.42 Å². The summed E-state index contributed by atoms with van der Waals surface area (Å²) in [6.07, 6.45) is 4.31. The summed E-state index contributed by atoms with van der Waals surface area (Å²) in [6.45, 7) is 3.85. The van der Waals surface area contributed by atoms with Crippen LogP contribution in [-0.2, 0) is 10.0 Å². The second-order valence-corrected chi connectivity index (χ2v) is 7.83. The van der Waals surface area contributed by atoms with Crippen molar-refractivity contribution in [2.75, 3.05) is 5.75 Å². The van der Waals surface area contributed by atoms with Crippen LogP contribution < -0.4 is 4.72 Å². The number of aryl methyl sites for hydroxylation is 1. The number of nitrogens with zero attached hydrogens (tertiary/aromatic N) is 1. The molecule has 0 radical (unpaired) electrons. The molecule has 0 saturated heterocycles. The van der Waals surface area contributed by atoms with E-state index < -0.39 is 10.0 Å². The fourth-order valence-corrected chi connectivity index (χ4v) is 4.89. The molecule has 1 aromatic heterocycles. The Morgan fingerprint density at radius 3 is 2.94 bits per heavy atom. The first-order chi connectivity index (χ1) is 8.53. The van der Waals surface area contributed by atoms with Gasteiger partial charge in [0.2, 0.25) is 10.0 Å². The van der Waals surface area contributed by atoms with Crippen LogP contribution in [0.5, 0.6) is 0 Å². The lowest BCUT2D eigenvalue weighted by atomic mass is 10.3. The van der Waals surface area contributed by atoms with E-state index in [-0.39, 0.29) is 10.9 Å². The standard InChI is InChI=1S/C11H19N3O2S2/c1-3-17-10-5-4-9(6-10)14-18(15,16)11-7-12-13-8(11)2/h7,9-10,14H,3-6H2,1-2H3,(H,12,13). The zero-order valence-electron chi connectivity index (χ0n) is 10.6. The van der Waals surface area contributed by atoms with Gasteiger partial charge in [0.05, 0.1) is 11.9 Å². The fourth-order valence-electron chi connectivity index (χ4n) is 2.33. The predicted molar refractivity (Wildman–Crippen MR) is 73.2 cm³/mol. The van der Waals surface area contributed by atoms with Crippen LogP contribution in [-0.4, -0.2) is 35.7 Å². The summed E-state index contributed by atoms with van der Waals surface area (Å²) in [5.74, 6) is 1.09. The number of aromatic nitrogens is 2. The van der Waals surface area contributed by atoms with E-state index in [4.69, 9.17) is 0 Å². The van der Waals surface area contributed by atoms with Crippen molar-refractivity contribution in [1.82, 2.24) is 14.9 Å². The Morgan fingerprint density at radius 2 is 2.33 bits per heavy atom. The first-order valence-corrected chi connectivity index (χ1v) is 8.70. The largest absolute Gasteiger partial charge is 0.281 e. The molecule has 1 fully saturated rings. The molecule has 1 heterocycles. The smallest absolute Gasteiger partial charge is 0.244 e. The molecule has 2 atom stereocenters. The van der Waals surface area contributed by atoms with E-state index in [1.165, 1.54) is 6.20 Å². The molecule has 18 heavy (non-hydrogen) atoms. The molecule has 0 spiro atoms. The molecule has 0 amide bonds. The van der Waals surface area contributed by atoms with Crippen LogP contribution in [0.3, 0.4) is 0 Å². The number of rotatable bonds is 5. The summed E-state index contributed by atoms with van der Waals surface area (Å²) in [4.78, 5) is 0.258. The summed E-state index contributed by atoms with van der Waals surface area (Å²) >= 11 is 1.92. The molecule has 0 aliphatic heterocycles. The van der Waals surface area contributed by atoms with Crippen LogP contribution in [0.4, 0.5) is 0 Å². The minimum atomic E-state index is -3.42. The van der Waals surface area contributed by atoms with Crippen LogP contribution in [0.25, 0.3) is 0 Å². The molecule has 5 nitrogen and oxygen atoms in total. The third-order valence-corrected chi connectivity index (χ3v) is 6.05. The minimum Gasteiger partial charge on any atom is -0.281 e. The van der Waals surface area contributed by atoms with Gasteiger partial charge in [-0.15, -0.1) is 0 Å². The normalized spacial score (nSPS) is 24.6. The molecule has 1 aliphatic rings. The number of hydrogen-bond acceptors (Lipinski definition) is 4. The van der Waals surface area contributed by atoms with Crippen LogP contribution in [0.15, 0.2) is 11.1 Å². The van der Waals surface area contributed by atoms with Crippen LogP contribution in [0, 0.1) is 6.92 Å². The molecule has 7 heteroatoms. The minimum absolute atomic E-state index is 0.0633. The Hall–Kier alpha value is -0.530. The number of sulfonamides is 1. The summed E-state index contributed by atoms with van der Waals surface area (Å²) < 4.78 is 27.1. The Kier molecular flexibility index (Phi) is 4.34. The van der Waals surface area contributed by atoms with Gasteiger partial charge in [0.1, 0.15) is 4.90 Å². The quantitative estimate of drug-likeness (QED) is 0.864. The molecule has 0 bridgehead atoms. The predicted octanol–water partition coefficient (Wildman–Crippen LogP) is 1.67. The molecule has 1 saturated carbocycles. The van der Waals surface area contributed by atoms with E-state index in [0.29, 0.717) is 10.9 Å². The van der Waals surface area contributed by atoms with Gasteiger partial charge in [-0.05, 0) is 31.9 Å². The third kappa shape index (κ3) is 3.07. The lowest BCUT2D eigenvalue weighted by Crippen LogP contribution is -2.33. The monoisotopic (exact) mass is 289 g/mol. The average Bonchev–Trinajstić information content (AvgIpc) is 2.88. The summed E-state index contributed by atoms with van der Waals surface area (Å²) in [7, 11) is -3.42. The molecular weight excluding hydrogens is 270 g/mol. The van der Waals surface area contributed by atoms with Crippen molar-refractivity contribution in [3.8, 4) is 0 Å². The Bertz CT molecular complexity index is 498. The van der Waals surface area contributed by atoms with Crippen molar-refractivity contribution >= 4 is 21.8 Å². The van der Waals surface area contributed by atoms with Crippen molar-refractivity contribution in [3.05, 3.63) is 11.9 Å². The van der Waals surface area contributed by atoms with E-state index in [0.717, 1.165) is 25.0 Å². The lowest BCUT2D eigenvalue weighted by molar-refractivity contribution is 0.552. The number of hydrogen-bond donors (Lipinski definition) is 2. The summed E-state index contributed by atoms with van der Waals surface area (Å²) in [5.41, 5.74) is 0.583. The first-order valence-electron chi connectivity index (χ1n) is 6.17. The first kappa shape index (κ1) is 13.9. The molecule has 102 valence electrons. The van der Waals surface area contributed by atoms with E-state index in [1.807, 2.05) is 11.8 Å². The SMILES string of the molecule is CCSC1CCC(NS(=O)(=O)c2cn[nH]c2C)C1. The Morgan fingerprint density at radius 1 is 1.56 bits per heavy atom. The summed E-state index contributed by atoms with van der Waals surface area (Å²) in [6, 6.07) is 0.0633. The molecular formula is C11H19N3O2S2. The summed E-state index contributed by atoms with van der Waals surface area (Å²) in [5, 5.41) is 7.00. The van der Waals surface area contributed by atoms with E-state index in [1.54, 1.807) is 6.92 Å². The van der Waals surface area contributed by atoms with Gasteiger partial charge >= 0.3 is 0 Å².